The Morgan fingerprint density at radius 3 is 1.95 bits per heavy atom. The number of aromatic amines is 1. The molecule has 0 bridgehead atoms. The Labute approximate surface area is 322 Å². The van der Waals surface area contributed by atoms with E-state index in [2.05, 4.69) is 127 Å². The molecule has 2 N–H and O–H groups in total. The van der Waals surface area contributed by atoms with Gasteiger partial charge in [-0.15, -0.1) is 0 Å². The van der Waals surface area contributed by atoms with Gasteiger partial charge in [0.05, 0.1) is 24.6 Å². The zero-order chi connectivity index (χ0) is 38.6. The van der Waals surface area contributed by atoms with Gasteiger partial charge in [-0.25, -0.2) is 9.55 Å². The number of anilines is 1. The van der Waals surface area contributed by atoms with Crippen LogP contribution in [0.5, 0.6) is 5.75 Å². The second kappa shape index (κ2) is 15.8. The van der Waals surface area contributed by atoms with Gasteiger partial charge >= 0.3 is 0 Å². The van der Waals surface area contributed by atoms with E-state index in [0.717, 1.165) is 16.7 Å². The van der Waals surface area contributed by atoms with Crippen molar-refractivity contribution in [2.45, 2.75) is 56.8 Å². The monoisotopic (exact) mass is 756 g/mol. The van der Waals surface area contributed by atoms with Crippen LogP contribution in [0.3, 0.4) is 0 Å². The van der Waals surface area contributed by atoms with Gasteiger partial charge in [0.25, 0.3) is 11.5 Å². The second-order valence-corrected chi connectivity index (χ2v) is 20.2. The van der Waals surface area contributed by atoms with Gasteiger partial charge in [0, 0.05) is 13.1 Å². The number of fused-ring (bicyclic) bond motifs is 1. The number of carbonyl (C=O) groups excluding carboxylic acids is 1. The first-order valence-corrected chi connectivity index (χ1v) is 21.5. The maximum absolute atomic E-state index is 14.5. The molecule has 1 aliphatic heterocycles. The predicted molar refractivity (Wildman–Crippen MR) is 217 cm³/mol. The van der Waals surface area contributed by atoms with Crippen LogP contribution in [-0.4, -0.2) is 71.1 Å². The number of hydrogen-bond donors (Lipinski definition) is 2. The number of amides is 1. The van der Waals surface area contributed by atoms with Crippen molar-refractivity contribution in [3.63, 3.8) is 0 Å². The van der Waals surface area contributed by atoms with E-state index in [9.17, 15) is 9.59 Å². The minimum atomic E-state index is -2.22. The van der Waals surface area contributed by atoms with Crippen molar-refractivity contribution in [3.8, 4) is 5.75 Å². The summed E-state index contributed by atoms with van der Waals surface area (Å²) in [6.45, 7) is 11.8. The molecule has 7 rings (SSSR count). The molecule has 12 heteroatoms. The quantitative estimate of drug-likeness (QED) is 0.0982. The maximum Gasteiger partial charge on any atom is 0.285 e. The molecule has 0 aliphatic carbocycles. The lowest BCUT2D eigenvalue weighted by Gasteiger charge is -2.51. The maximum atomic E-state index is 14.5. The molecule has 3 heterocycles. The molecule has 1 fully saturated rings. The van der Waals surface area contributed by atoms with E-state index in [1.54, 1.807) is 12.1 Å². The summed E-state index contributed by atoms with van der Waals surface area (Å²) in [6, 6.07) is 40.3. The van der Waals surface area contributed by atoms with Crippen LogP contribution < -0.4 is 15.6 Å². The van der Waals surface area contributed by atoms with Gasteiger partial charge in [0.1, 0.15) is 5.75 Å². The lowest BCUT2D eigenvalue weighted by atomic mass is 9.75. The number of carbonyl (C=O) groups is 1. The molecule has 0 saturated carbocycles. The molecule has 0 radical (unpaired) electrons. The van der Waals surface area contributed by atoms with E-state index in [4.69, 9.17) is 18.9 Å². The number of nitrogens with one attached hydrogen (secondary N) is 2. The van der Waals surface area contributed by atoms with E-state index < -0.39 is 37.7 Å². The average Bonchev–Trinajstić information content (AvgIpc) is 3.67. The SMILES string of the molecule is CC(C)(C)[Si](C)(C)OC[C@@H]1CN(C(c2ccccc2)(c2ccccc2)c2ccccc2)C[C@H](n2c(NC(=O)COc3ccccc3)nc3[nH]cnc3c2=O)O1. The summed E-state index contributed by atoms with van der Waals surface area (Å²) in [5.41, 5.74) is 2.27. The Kier molecular flexibility index (Phi) is 10.9. The summed E-state index contributed by atoms with van der Waals surface area (Å²) in [7, 11) is -2.22. The molecular weight excluding hydrogens is 709 g/mol. The van der Waals surface area contributed by atoms with Gasteiger partial charge in [0.2, 0.25) is 5.95 Å². The fourth-order valence-corrected chi connectivity index (χ4v) is 8.05. The highest BCUT2D eigenvalue weighted by molar-refractivity contribution is 6.74. The first-order chi connectivity index (χ1) is 26.5. The number of H-pyrrole nitrogens is 1. The number of imidazole rings is 1. The van der Waals surface area contributed by atoms with E-state index in [1.165, 1.54) is 10.9 Å². The number of aromatic nitrogens is 4. The molecule has 0 spiro atoms. The Balaban J connectivity index is 1.37. The zero-order valence-corrected chi connectivity index (χ0v) is 32.9. The highest BCUT2D eigenvalue weighted by Gasteiger charge is 2.48. The fraction of sp³-hybridized carbons (Fsp3) is 0.302. The predicted octanol–water partition coefficient (Wildman–Crippen LogP) is 7.35. The number of ether oxygens (including phenoxy) is 2. The molecule has 11 nitrogen and oxygen atoms in total. The molecule has 284 valence electrons. The van der Waals surface area contributed by atoms with Crippen molar-refractivity contribution in [3.05, 3.63) is 155 Å². The van der Waals surface area contributed by atoms with Crippen molar-refractivity contribution in [1.29, 1.82) is 0 Å². The molecule has 2 aromatic heterocycles. The van der Waals surface area contributed by atoms with Crippen LogP contribution >= 0.6 is 0 Å². The number of para-hydroxylation sites is 1. The van der Waals surface area contributed by atoms with E-state index >= 15 is 0 Å². The first-order valence-electron chi connectivity index (χ1n) is 18.6. The number of morpholine rings is 1. The smallest absolute Gasteiger partial charge is 0.285 e. The molecule has 0 unspecified atom stereocenters. The molecule has 1 aliphatic rings. The Hall–Kier alpha value is -5.40. The van der Waals surface area contributed by atoms with Gasteiger partial charge < -0.3 is 18.9 Å². The third-order valence-electron chi connectivity index (χ3n) is 10.8. The summed E-state index contributed by atoms with van der Waals surface area (Å²) >= 11 is 0. The van der Waals surface area contributed by atoms with Crippen molar-refractivity contribution in [1.82, 2.24) is 24.4 Å². The van der Waals surface area contributed by atoms with E-state index in [1.807, 2.05) is 36.4 Å². The van der Waals surface area contributed by atoms with Crippen LogP contribution in [0.1, 0.15) is 43.7 Å². The minimum Gasteiger partial charge on any atom is -0.484 e. The van der Waals surface area contributed by atoms with Crippen LogP contribution in [0.4, 0.5) is 5.95 Å². The Bertz CT molecular complexity index is 2160. The minimum absolute atomic E-state index is 0.0176. The average molecular weight is 757 g/mol. The van der Waals surface area contributed by atoms with Crippen molar-refractivity contribution in [2.75, 3.05) is 31.6 Å². The fourth-order valence-electron chi connectivity index (χ4n) is 7.01. The highest BCUT2D eigenvalue weighted by Crippen LogP contribution is 2.45. The topological polar surface area (TPSA) is 124 Å². The summed E-state index contributed by atoms with van der Waals surface area (Å²) in [4.78, 5) is 42.3. The summed E-state index contributed by atoms with van der Waals surface area (Å²) in [5.74, 6) is 0.0760. The highest BCUT2D eigenvalue weighted by atomic mass is 28.4. The number of rotatable bonds is 12. The lowest BCUT2D eigenvalue weighted by molar-refractivity contribution is -0.148. The Morgan fingerprint density at radius 2 is 1.40 bits per heavy atom. The number of hydrogen-bond acceptors (Lipinski definition) is 8. The molecule has 1 amide bonds. The van der Waals surface area contributed by atoms with Gasteiger partial charge in [-0.2, -0.15) is 4.98 Å². The van der Waals surface area contributed by atoms with Crippen LogP contribution in [0, 0.1) is 0 Å². The molecule has 1 saturated heterocycles. The summed E-state index contributed by atoms with van der Waals surface area (Å²) in [5, 5.41) is 2.82. The third-order valence-corrected chi connectivity index (χ3v) is 15.3. The van der Waals surface area contributed by atoms with Gasteiger partial charge in [-0.05, 0) is 47.0 Å². The number of benzene rings is 4. The molecular formula is C43H48N6O5Si. The summed E-state index contributed by atoms with van der Waals surface area (Å²) in [6.07, 6.45) is 0.0293. The van der Waals surface area contributed by atoms with E-state index in [-0.39, 0.29) is 35.3 Å². The zero-order valence-electron chi connectivity index (χ0n) is 31.9. The van der Waals surface area contributed by atoms with Crippen LogP contribution in [0.2, 0.25) is 18.1 Å². The Morgan fingerprint density at radius 1 is 0.855 bits per heavy atom. The third kappa shape index (κ3) is 7.76. The van der Waals surface area contributed by atoms with Gasteiger partial charge in [0.15, 0.2) is 32.3 Å². The van der Waals surface area contributed by atoms with Crippen molar-refractivity contribution in [2.24, 2.45) is 0 Å². The van der Waals surface area contributed by atoms with Crippen molar-refractivity contribution < 1.29 is 18.7 Å². The molecule has 4 aromatic carbocycles. The molecule has 6 aromatic rings. The van der Waals surface area contributed by atoms with Gasteiger partial charge in [-0.3, -0.25) is 19.8 Å². The first kappa shape index (κ1) is 37.9. The second-order valence-electron chi connectivity index (χ2n) is 15.4. The van der Waals surface area contributed by atoms with Crippen LogP contribution in [0.25, 0.3) is 11.2 Å². The molecule has 2 atom stereocenters. The largest absolute Gasteiger partial charge is 0.484 e. The molecule has 55 heavy (non-hydrogen) atoms. The van der Waals surface area contributed by atoms with Gasteiger partial charge in [-0.1, -0.05) is 130 Å². The van der Waals surface area contributed by atoms with E-state index in [0.29, 0.717) is 18.9 Å². The number of nitrogens with zero attached hydrogens (tertiary/aromatic N) is 4. The summed E-state index contributed by atoms with van der Waals surface area (Å²) < 4.78 is 20.9. The normalized spacial score (nSPS) is 16.9. The van der Waals surface area contributed by atoms with Crippen molar-refractivity contribution >= 4 is 31.3 Å². The lowest BCUT2D eigenvalue weighted by Crippen LogP contribution is -2.58. The van der Waals surface area contributed by atoms with Crippen LogP contribution in [0.15, 0.2) is 132 Å². The van der Waals surface area contributed by atoms with Crippen LogP contribution in [-0.2, 0) is 19.5 Å². The standard InChI is InChI=1S/C43H48N6O5Si/c1-42(2,3)55(4,5)53-28-35-26-48(43(31-18-10-6-11-19-31,32-20-12-7-13-21-32)33-22-14-8-15-23-33)27-37(54-35)49-40(51)38-39(45-30-44-38)47-41(49)46-36(50)29-52-34-24-16-9-17-25-34/h6-25,30,35,37H,26-29H2,1-5H3,(H,44,45)(H,46,47,50)/t35-,37+/m0/s1.